The van der Waals surface area contributed by atoms with E-state index in [-0.39, 0.29) is 23.6 Å². The van der Waals surface area contributed by atoms with Crippen molar-refractivity contribution in [2.75, 3.05) is 13.1 Å². The molecule has 1 heterocycles. The number of hydrogen-bond acceptors (Lipinski definition) is 2. The molecule has 1 saturated carbocycles. The number of piperidine rings is 1. The second-order valence-corrected chi connectivity index (χ2v) is 5.96. The van der Waals surface area contributed by atoms with Crippen LogP contribution in [0.5, 0.6) is 0 Å². The molecule has 3 rings (SSSR count). The average Bonchev–Trinajstić information content (AvgIpc) is 3.28. The molecule has 3 unspecified atom stereocenters. The van der Waals surface area contributed by atoms with Gasteiger partial charge in [0, 0.05) is 19.0 Å². The summed E-state index contributed by atoms with van der Waals surface area (Å²) < 4.78 is 12.9. The van der Waals surface area contributed by atoms with Gasteiger partial charge in [0.05, 0.1) is 5.92 Å². The van der Waals surface area contributed by atoms with Gasteiger partial charge in [-0.25, -0.2) is 4.39 Å². The van der Waals surface area contributed by atoms with Gasteiger partial charge in [-0.3, -0.25) is 9.59 Å². The molecule has 0 bridgehead atoms. The van der Waals surface area contributed by atoms with Crippen LogP contribution < -0.4 is 0 Å². The summed E-state index contributed by atoms with van der Waals surface area (Å²) in [5.74, 6) is -1.40. The van der Waals surface area contributed by atoms with Crippen LogP contribution in [0.3, 0.4) is 0 Å². The first-order valence-corrected chi connectivity index (χ1v) is 7.33. The lowest BCUT2D eigenvalue weighted by molar-refractivity contribution is -0.146. The van der Waals surface area contributed by atoms with Gasteiger partial charge in [0.25, 0.3) is 0 Å². The van der Waals surface area contributed by atoms with E-state index in [1.165, 1.54) is 12.1 Å². The number of aliphatic carboxylic acids is 1. The number of carbonyl (C=O) groups excluding carboxylic acids is 1. The molecular formula is C16H18FNO3. The zero-order valence-corrected chi connectivity index (χ0v) is 11.7. The van der Waals surface area contributed by atoms with Crippen molar-refractivity contribution in [1.82, 2.24) is 4.90 Å². The van der Waals surface area contributed by atoms with E-state index in [1.54, 1.807) is 17.0 Å². The maximum absolute atomic E-state index is 12.9. The molecule has 1 amide bonds. The minimum atomic E-state index is -0.821. The Bertz CT molecular complexity index is 557. The predicted octanol–water partition coefficient (Wildman–Crippen LogP) is 2.25. The summed E-state index contributed by atoms with van der Waals surface area (Å²) >= 11 is 0. The molecule has 1 N–H and O–H groups in total. The number of benzene rings is 1. The van der Waals surface area contributed by atoms with Gasteiger partial charge in [-0.15, -0.1) is 0 Å². The third kappa shape index (κ3) is 2.91. The van der Waals surface area contributed by atoms with Crippen LogP contribution in [-0.2, 0) is 9.59 Å². The molecule has 1 aromatic rings. The first-order chi connectivity index (χ1) is 10.1. The van der Waals surface area contributed by atoms with Crippen LogP contribution in [0.15, 0.2) is 24.3 Å². The number of halogens is 1. The quantitative estimate of drug-likeness (QED) is 0.929. The molecule has 2 aliphatic rings. The van der Waals surface area contributed by atoms with E-state index >= 15 is 0 Å². The lowest BCUT2D eigenvalue weighted by Gasteiger charge is -2.31. The summed E-state index contributed by atoms with van der Waals surface area (Å²) in [5, 5.41) is 9.07. The Labute approximate surface area is 122 Å². The zero-order valence-electron chi connectivity index (χ0n) is 11.7. The van der Waals surface area contributed by atoms with Gasteiger partial charge in [0.1, 0.15) is 5.82 Å². The number of rotatable bonds is 3. The van der Waals surface area contributed by atoms with Crippen molar-refractivity contribution in [2.45, 2.75) is 25.2 Å². The summed E-state index contributed by atoms with van der Waals surface area (Å²) in [5.41, 5.74) is 0.988. The number of nitrogens with zero attached hydrogens (tertiary/aromatic N) is 1. The molecule has 0 spiro atoms. The van der Waals surface area contributed by atoms with Crippen molar-refractivity contribution in [2.24, 2.45) is 11.8 Å². The maximum atomic E-state index is 12.9. The molecule has 5 heteroatoms. The van der Waals surface area contributed by atoms with E-state index in [0.29, 0.717) is 19.5 Å². The van der Waals surface area contributed by atoms with E-state index < -0.39 is 11.9 Å². The van der Waals surface area contributed by atoms with Crippen molar-refractivity contribution in [3.05, 3.63) is 35.6 Å². The fraction of sp³-hybridized carbons (Fsp3) is 0.500. The molecule has 3 atom stereocenters. The molecule has 0 aromatic heterocycles. The second kappa shape index (κ2) is 5.47. The van der Waals surface area contributed by atoms with Crippen LogP contribution in [-0.4, -0.2) is 35.0 Å². The van der Waals surface area contributed by atoms with E-state index in [2.05, 4.69) is 0 Å². The van der Waals surface area contributed by atoms with E-state index in [1.807, 2.05) is 0 Å². The first kappa shape index (κ1) is 14.0. The Morgan fingerprint density at radius 3 is 2.62 bits per heavy atom. The van der Waals surface area contributed by atoms with Crippen molar-refractivity contribution < 1.29 is 19.1 Å². The highest BCUT2D eigenvalue weighted by Crippen LogP contribution is 2.48. The standard InChI is InChI=1S/C16H18FNO3/c17-12-5-3-10(4-6-12)13-8-14(13)15(19)18-7-1-2-11(9-18)16(20)21/h3-6,11,13-14H,1-2,7-9H2,(H,20,21). The van der Waals surface area contributed by atoms with Crippen LogP contribution in [0.25, 0.3) is 0 Å². The molecule has 112 valence electrons. The smallest absolute Gasteiger partial charge is 0.308 e. The van der Waals surface area contributed by atoms with Gasteiger partial charge in [0.15, 0.2) is 0 Å². The van der Waals surface area contributed by atoms with Crippen molar-refractivity contribution in [3.63, 3.8) is 0 Å². The summed E-state index contributed by atoms with van der Waals surface area (Å²) in [4.78, 5) is 25.2. The van der Waals surface area contributed by atoms with Crippen LogP contribution >= 0.6 is 0 Å². The lowest BCUT2D eigenvalue weighted by Crippen LogP contribution is -2.43. The Morgan fingerprint density at radius 2 is 1.95 bits per heavy atom. The summed E-state index contributed by atoms with van der Waals surface area (Å²) in [6, 6.07) is 6.28. The highest BCUT2D eigenvalue weighted by molar-refractivity contribution is 5.84. The van der Waals surface area contributed by atoms with Gasteiger partial charge in [0.2, 0.25) is 5.91 Å². The number of carboxylic acid groups (broad SMARTS) is 1. The van der Waals surface area contributed by atoms with Gasteiger partial charge in [-0.1, -0.05) is 12.1 Å². The molecule has 0 radical (unpaired) electrons. The van der Waals surface area contributed by atoms with Crippen LogP contribution in [0.4, 0.5) is 4.39 Å². The van der Waals surface area contributed by atoms with E-state index in [0.717, 1.165) is 18.4 Å². The van der Waals surface area contributed by atoms with E-state index in [9.17, 15) is 14.0 Å². The monoisotopic (exact) mass is 291 g/mol. The lowest BCUT2D eigenvalue weighted by atomic mass is 9.97. The Kier molecular flexibility index (Phi) is 3.66. The van der Waals surface area contributed by atoms with E-state index in [4.69, 9.17) is 5.11 Å². The first-order valence-electron chi connectivity index (χ1n) is 7.33. The van der Waals surface area contributed by atoms with Crippen LogP contribution in [0.2, 0.25) is 0 Å². The van der Waals surface area contributed by atoms with Gasteiger partial charge < -0.3 is 10.0 Å². The number of hydrogen-bond donors (Lipinski definition) is 1. The highest BCUT2D eigenvalue weighted by Gasteiger charge is 2.46. The zero-order chi connectivity index (χ0) is 15.0. The maximum Gasteiger partial charge on any atom is 0.308 e. The number of carbonyl (C=O) groups is 2. The highest BCUT2D eigenvalue weighted by atomic mass is 19.1. The molecular weight excluding hydrogens is 273 g/mol. The number of amides is 1. The summed E-state index contributed by atoms with van der Waals surface area (Å²) in [6.45, 7) is 0.968. The minimum absolute atomic E-state index is 0.0512. The van der Waals surface area contributed by atoms with Crippen molar-refractivity contribution in [1.29, 1.82) is 0 Å². The van der Waals surface area contributed by atoms with Crippen LogP contribution in [0, 0.1) is 17.7 Å². The summed E-state index contributed by atoms with van der Waals surface area (Å²) in [7, 11) is 0. The van der Waals surface area contributed by atoms with Gasteiger partial charge >= 0.3 is 5.97 Å². The van der Waals surface area contributed by atoms with Gasteiger partial charge in [-0.2, -0.15) is 0 Å². The molecule has 2 fully saturated rings. The Balaban J connectivity index is 1.62. The topological polar surface area (TPSA) is 57.6 Å². The predicted molar refractivity (Wildman–Crippen MR) is 74.2 cm³/mol. The molecule has 1 aromatic carbocycles. The average molecular weight is 291 g/mol. The normalized spacial score (nSPS) is 28.2. The largest absolute Gasteiger partial charge is 0.481 e. The number of carboxylic acids is 1. The molecule has 4 nitrogen and oxygen atoms in total. The second-order valence-electron chi connectivity index (χ2n) is 5.96. The minimum Gasteiger partial charge on any atom is -0.481 e. The van der Waals surface area contributed by atoms with Crippen molar-refractivity contribution in [3.8, 4) is 0 Å². The third-order valence-corrected chi connectivity index (χ3v) is 4.49. The number of likely N-dealkylation sites (tertiary alicyclic amines) is 1. The Morgan fingerprint density at radius 1 is 1.24 bits per heavy atom. The fourth-order valence-electron chi connectivity index (χ4n) is 3.16. The Hall–Kier alpha value is -1.91. The van der Waals surface area contributed by atoms with Crippen LogP contribution in [0.1, 0.15) is 30.7 Å². The molecule has 1 aliphatic heterocycles. The molecule has 21 heavy (non-hydrogen) atoms. The van der Waals surface area contributed by atoms with Crippen molar-refractivity contribution >= 4 is 11.9 Å². The molecule has 1 saturated heterocycles. The SMILES string of the molecule is O=C(O)C1CCCN(C(=O)C2CC2c2ccc(F)cc2)C1. The third-order valence-electron chi connectivity index (χ3n) is 4.49. The summed E-state index contributed by atoms with van der Waals surface area (Å²) in [6.07, 6.45) is 2.17. The molecule has 1 aliphatic carbocycles. The fourth-order valence-corrected chi connectivity index (χ4v) is 3.16. The van der Waals surface area contributed by atoms with Gasteiger partial charge in [-0.05, 0) is 42.9 Å².